The lowest BCUT2D eigenvalue weighted by Gasteiger charge is -2.18. The normalized spacial score (nSPS) is 18.3. The molecule has 1 N–H and O–H groups in total. The fourth-order valence-corrected chi connectivity index (χ4v) is 3.41. The van der Waals surface area contributed by atoms with Crippen molar-refractivity contribution in [2.45, 2.75) is 37.5 Å². The van der Waals surface area contributed by atoms with Crippen molar-refractivity contribution in [3.05, 3.63) is 52.4 Å². The first-order valence-electron chi connectivity index (χ1n) is 7.60. The molecule has 0 amide bonds. The van der Waals surface area contributed by atoms with E-state index in [4.69, 9.17) is 11.6 Å². The third-order valence-corrected chi connectivity index (χ3v) is 5.03. The molecule has 21 heavy (non-hydrogen) atoms. The van der Waals surface area contributed by atoms with E-state index in [1.165, 1.54) is 36.1 Å². The molecular weight excluding hydrogens is 282 g/mol. The maximum atomic E-state index is 5.99. The van der Waals surface area contributed by atoms with Crippen LogP contribution >= 0.6 is 11.6 Å². The maximum absolute atomic E-state index is 5.99. The molecule has 0 atom stereocenters. The highest BCUT2D eigenvalue weighted by atomic mass is 35.5. The fraction of sp³-hybridized carbons (Fsp3) is 0.412. The summed E-state index contributed by atoms with van der Waals surface area (Å²) in [5.74, 6) is 1.04. The Morgan fingerprint density at radius 2 is 1.90 bits per heavy atom. The molecule has 0 saturated heterocycles. The van der Waals surface area contributed by atoms with Crippen molar-refractivity contribution in [1.29, 1.82) is 0 Å². The van der Waals surface area contributed by atoms with Gasteiger partial charge >= 0.3 is 0 Å². The van der Waals surface area contributed by atoms with Gasteiger partial charge in [0, 0.05) is 28.2 Å². The second-order valence-electron chi connectivity index (χ2n) is 6.14. The van der Waals surface area contributed by atoms with Gasteiger partial charge in [0.25, 0.3) is 0 Å². The maximum Gasteiger partial charge on any atom is 0.132 e. The molecule has 108 valence electrons. The predicted octanol–water partition coefficient (Wildman–Crippen LogP) is 3.76. The molecule has 4 rings (SSSR count). The highest BCUT2D eigenvalue weighted by Gasteiger charge is 2.44. The number of nitrogens with one attached hydrogen (secondary N) is 1. The zero-order valence-electron chi connectivity index (χ0n) is 11.9. The molecule has 0 spiro atoms. The second kappa shape index (κ2) is 4.99. The van der Waals surface area contributed by atoms with Gasteiger partial charge in [-0.3, -0.25) is 0 Å². The zero-order chi connectivity index (χ0) is 14.3. The van der Waals surface area contributed by atoms with E-state index < -0.39 is 0 Å². The number of benzene rings is 1. The van der Waals surface area contributed by atoms with E-state index in [1.54, 1.807) is 6.33 Å². The molecule has 1 aromatic carbocycles. The average Bonchev–Trinajstić information content (AvgIpc) is 3.14. The monoisotopic (exact) mass is 299 g/mol. The van der Waals surface area contributed by atoms with Gasteiger partial charge in [0.1, 0.15) is 12.1 Å². The Bertz CT molecular complexity index is 662. The van der Waals surface area contributed by atoms with Crippen LogP contribution in [0.5, 0.6) is 0 Å². The summed E-state index contributed by atoms with van der Waals surface area (Å²) in [5.41, 5.74) is 4.19. The van der Waals surface area contributed by atoms with E-state index in [9.17, 15) is 0 Å². The van der Waals surface area contributed by atoms with Crippen LogP contribution in [0.2, 0.25) is 5.02 Å². The van der Waals surface area contributed by atoms with Crippen molar-refractivity contribution in [2.24, 2.45) is 0 Å². The van der Waals surface area contributed by atoms with E-state index in [0.29, 0.717) is 0 Å². The topological polar surface area (TPSA) is 37.8 Å². The van der Waals surface area contributed by atoms with Crippen LogP contribution in [0, 0.1) is 0 Å². The van der Waals surface area contributed by atoms with Crippen LogP contribution in [0.25, 0.3) is 0 Å². The number of aryl methyl sites for hydroxylation is 1. The van der Waals surface area contributed by atoms with Crippen LogP contribution in [0.1, 0.15) is 36.1 Å². The first-order valence-corrected chi connectivity index (χ1v) is 7.97. The first-order chi connectivity index (χ1) is 10.3. The van der Waals surface area contributed by atoms with Gasteiger partial charge in [-0.15, -0.1) is 0 Å². The van der Waals surface area contributed by atoms with Crippen LogP contribution in [0.3, 0.4) is 0 Å². The van der Waals surface area contributed by atoms with Crippen LogP contribution in [-0.4, -0.2) is 16.5 Å². The smallest absolute Gasteiger partial charge is 0.132 e. The Kier molecular flexibility index (Phi) is 3.11. The average molecular weight is 300 g/mol. The number of aromatic nitrogens is 2. The minimum Gasteiger partial charge on any atom is -0.369 e. The quantitative estimate of drug-likeness (QED) is 0.934. The molecule has 1 fully saturated rings. The lowest BCUT2D eigenvalue weighted by molar-refractivity contribution is 0.728. The fourth-order valence-electron chi connectivity index (χ4n) is 3.29. The minimum atomic E-state index is 0.265. The van der Waals surface area contributed by atoms with E-state index >= 15 is 0 Å². The van der Waals surface area contributed by atoms with Gasteiger partial charge in [-0.2, -0.15) is 0 Å². The molecule has 3 nitrogen and oxygen atoms in total. The molecule has 1 saturated carbocycles. The van der Waals surface area contributed by atoms with Crippen molar-refractivity contribution in [2.75, 3.05) is 11.9 Å². The van der Waals surface area contributed by atoms with Crippen molar-refractivity contribution in [1.82, 2.24) is 9.97 Å². The number of fused-ring (bicyclic) bond motifs is 1. The summed E-state index contributed by atoms with van der Waals surface area (Å²) in [7, 11) is 0. The molecule has 1 heterocycles. The third kappa shape index (κ3) is 2.40. The summed E-state index contributed by atoms with van der Waals surface area (Å²) in [4.78, 5) is 8.83. The Morgan fingerprint density at radius 3 is 2.67 bits per heavy atom. The van der Waals surface area contributed by atoms with Gasteiger partial charge in [0.15, 0.2) is 0 Å². The number of anilines is 1. The van der Waals surface area contributed by atoms with Gasteiger partial charge in [0.05, 0.1) is 0 Å². The number of halogens is 1. The molecule has 0 aliphatic heterocycles. The minimum absolute atomic E-state index is 0.265. The van der Waals surface area contributed by atoms with Crippen molar-refractivity contribution in [3.8, 4) is 0 Å². The molecular formula is C17H18ClN3. The Labute approximate surface area is 129 Å². The summed E-state index contributed by atoms with van der Waals surface area (Å²) in [5, 5.41) is 4.38. The summed E-state index contributed by atoms with van der Waals surface area (Å²) in [6, 6.07) is 8.28. The van der Waals surface area contributed by atoms with Crippen LogP contribution in [0.4, 0.5) is 5.82 Å². The number of rotatable bonds is 4. The zero-order valence-corrected chi connectivity index (χ0v) is 12.7. The van der Waals surface area contributed by atoms with Crippen LogP contribution in [-0.2, 0) is 18.3 Å². The number of nitrogens with zero attached hydrogens (tertiary/aromatic N) is 2. The number of hydrogen-bond donors (Lipinski definition) is 1. The standard InChI is InChI=1S/C17H18ClN3/c18-13-6-4-12(5-7-13)17(8-9-17)10-19-16-14-2-1-3-15(14)20-11-21-16/h4-7,11H,1-3,8-10H2,(H,19,20,21). The second-order valence-corrected chi connectivity index (χ2v) is 6.58. The molecule has 2 aliphatic rings. The first kappa shape index (κ1) is 13.1. The lowest BCUT2D eigenvalue weighted by Crippen LogP contribution is -2.21. The summed E-state index contributed by atoms with van der Waals surface area (Å²) in [6.45, 7) is 0.943. The Morgan fingerprint density at radius 1 is 1.10 bits per heavy atom. The summed E-state index contributed by atoms with van der Waals surface area (Å²) < 4.78 is 0. The molecule has 2 aliphatic carbocycles. The Balaban J connectivity index is 1.52. The third-order valence-electron chi connectivity index (χ3n) is 4.78. The molecule has 1 aromatic heterocycles. The van der Waals surface area contributed by atoms with Crippen LogP contribution in [0.15, 0.2) is 30.6 Å². The van der Waals surface area contributed by atoms with Crippen molar-refractivity contribution < 1.29 is 0 Å². The number of hydrogen-bond acceptors (Lipinski definition) is 3. The van der Waals surface area contributed by atoms with Gasteiger partial charge in [-0.05, 0) is 49.8 Å². The van der Waals surface area contributed by atoms with Gasteiger partial charge in [-0.25, -0.2) is 9.97 Å². The Hall–Kier alpha value is -1.61. The lowest BCUT2D eigenvalue weighted by atomic mass is 9.96. The largest absolute Gasteiger partial charge is 0.369 e. The molecule has 4 heteroatoms. The van der Waals surface area contributed by atoms with E-state index in [2.05, 4.69) is 27.4 Å². The van der Waals surface area contributed by atoms with E-state index in [1.807, 2.05) is 12.1 Å². The van der Waals surface area contributed by atoms with Gasteiger partial charge in [-0.1, -0.05) is 23.7 Å². The van der Waals surface area contributed by atoms with Gasteiger partial charge < -0.3 is 5.32 Å². The van der Waals surface area contributed by atoms with Crippen LogP contribution < -0.4 is 5.32 Å². The highest BCUT2D eigenvalue weighted by Crippen LogP contribution is 2.48. The summed E-state index contributed by atoms with van der Waals surface area (Å²) >= 11 is 5.99. The predicted molar refractivity (Wildman–Crippen MR) is 84.9 cm³/mol. The molecule has 0 bridgehead atoms. The van der Waals surface area contributed by atoms with Gasteiger partial charge in [0.2, 0.25) is 0 Å². The molecule has 0 radical (unpaired) electrons. The summed E-state index contributed by atoms with van der Waals surface area (Å²) in [6.07, 6.45) is 7.55. The van der Waals surface area contributed by atoms with E-state index in [0.717, 1.165) is 30.2 Å². The van der Waals surface area contributed by atoms with Crippen molar-refractivity contribution >= 4 is 17.4 Å². The van der Waals surface area contributed by atoms with Crippen molar-refractivity contribution in [3.63, 3.8) is 0 Å². The molecule has 2 aromatic rings. The SMILES string of the molecule is Clc1ccc(C2(CNc3ncnc4c3CCC4)CC2)cc1. The highest BCUT2D eigenvalue weighted by molar-refractivity contribution is 6.30. The van der Waals surface area contributed by atoms with E-state index in [-0.39, 0.29) is 5.41 Å². The molecule has 0 unspecified atom stereocenters.